The van der Waals surface area contributed by atoms with E-state index in [1.54, 1.807) is 0 Å². The van der Waals surface area contributed by atoms with Crippen LogP contribution in [0.25, 0.3) is 0 Å². The zero-order valence-electron chi connectivity index (χ0n) is 17.8. The number of aliphatic hydroxyl groups is 3. The second-order valence-electron chi connectivity index (χ2n) is 7.84. The van der Waals surface area contributed by atoms with Crippen LogP contribution in [0.2, 0.25) is 0 Å². The molecule has 3 aromatic rings. The van der Waals surface area contributed by atoms with Gasteiger partial charge >= 0.3 is 0 Å². The normalized spacial score (nSPS) is 26.1. The molecule has 1 aliphatic rings. The molecule has 5 atom stereocenters. The summed E-state index contributed by atoms with van der Waals surface area (Å²) in [7, 11) is 1.37. The monoisotopic (exact) mass is 436 g/mol. The van der Waals surface area contributed by atoms with Crippen LogP contribution in [0.5, 0.6) is 0 Å². The molecule has 1 heterocycles. The Kier molecular flexibility index (Phi) is 7.01. The van der Waals surface area contributed by atoms with E-state index in [-0.39, 0.29) is 6.61 Å². The van der Waals surface area contributed by atoms with Crippen molar-refractivity contribution in [2.75, 3.05) is 13.7 Å². The van der Waals surface area contributed by atoms with Gasteiger partial charge in [-0.3, -0.25) is 0 Å². The fraction of sp³-hybridized carbons (Fsp3) is 0.308. The maximum Gasteiger partial charge on any atom is 0.186 e. The molecule has 0 bridgehead atoms. The van der Waals surface area contributed by atoms with Gasteiger partial charge in [-0.15, -0.1) is 0 Å². The molecule has 3 aromatic carbocycles. The van der Waals surface area contributed by atoms with Gasteiger partial charge in [0, 0.05) is 7.11 Å². The van der Waals surface area contributed by atoms with Crippen molar-refractivity contribution in [3.8, 4) is 0 Å². The summed E-state index contributed by atoms with van der Waals surface area (Å²) < 4.78 is 17.5. The molecular formula is C26H28O6. The Morgan fingerprint density at radius 1 is 0.688 bits per heavy atom. The molecule has 0 amide bonds. The third-order valence-corrected chi connectivity index (χ3v) is 5.91. The summed E-state index contributed by atoms with van der Waals surface area (Å²) in [6.45, 7) is -0.0521. The minimum atomic E-state index is -1.41. The Morgan fingerprint density at radius 2 is 1.12 bits per heavy atom. The Morgan fingerprint density at radius 3 is 1.53 bits per heavy atom. The highest BCUT2D eigenvalue weighted by Crippen LogP contribution is 2.41. The standard InChI is InChI=1S/C26H28O6/c1-30-25-24(29)23(28)22(27)21(32-25)17-31-26(18-11-5-2-6-12-18,19-13-7-3-8-14-19)20-15-9-4-10-16-20/h2-16,21-25,27-29H,17H2,1H3/t21-,22-,23+,24-,25-/m0/s1. The van der Waals surface area contributed by atoms with Gasteiger partial charge in [0.05, 0.1) is 6.61 Å². The maximum absolute atomic E-state index is 10.6. The molecule has 1 fully saturated rings. The van der Waals surface area contributed by atoms with Crippen molar-refractivity contribution in [3.05, 3.63) is 108 Å². The molecule has 0 spiro atoms. The SMILES string of the molecule is CO[C@H]1O[C@@H](COC(c2ccccc2)(c2ccccc2)c2ccccc2)[C@H](O)[C@@H](O)[C@@H]1O. The minimum Gasteiger partial charge on any atom is -0.387 e. The first-order valence-electron chi connectivity index (χ1n) is 10.6. The average Bonchev–Trinajstić information content (AvgIpc) is 2.86. The van der Waals surface area contributed by atoms with Gasteiger partial charge in [0.2, 0.25) is 0 Å². The topological polar surface area (TPSA) is 88.4 Å². The minimum absolute atomic E-state index is 0.0521. The molecular weight excluding hydrogens is 408 g/mol. The van der Waals surface area contributed by atoms with E-state index in [0.717, 1.165) is 16.7 Å². The van der Waals surface area contributed by atoms with Crippen molar-refractivity contribution >= 4 is 0 Å². The molecule has 0 aromatic heterocycles. The molecule has 0 unspecified atom stereocenters. The number of aliphatic hydroxyl groups excluding tert-OH is 3. The lowest BCUT2D eigenvalue weighted by Crippen LogP contribution is -2.59. The third kappa shape index (κ3) is 4.21. The second kappa shape index (κ2) is 9.92. The van der Waals surface area contributed by atoms with Gasteiger partial charge in [-0.1, -0.05) is 91.0 Å². The Bertz CT molecular complexity index is 867. The van der Waals surface area contributed by atoms with Crippen molar-refractivity contribution in [1.29, 1.82) is 0 Å². The van der Waals surface area contributed by atoms with Crippen LogP contribution in [0.3, 0.4) is 0 Å². The van der Waals surface area contributed by atoms with Crippen LogP contribution in [0, 0.1) is 0 Å². The van der Waals surface area contributed by atoms with Crippen LogP contribution in [-0.4, -0.2) is 59.7 Å². The summed E-state index contributed by atoms with van der Waals surface area (Å²) >= 11 is 0. The first-order chi connectivity index (χ1) is 15.6. The molecule has 6 nitrogen and oxygen atoms in total. The van der Waals surface area contributed by atoms with Crippen molar-refractivity contribution in [1.82, 2.24) is 0 Å². The number of methoxy groups -OCH3 is 1. The van der Waals surface area contributed by atoms with Gasteiger partial charge in [0.15, 0.2) is 6.29 Å². The van der Waals surface area contributed by atoms with Crippen LogP contribution in [0.1, 0.15) is 16.7 Å². The van der Waals surface area contributed by atoms with Gasteiger partial charge in [-0.25, -0.2) is 0 Å². The van der Waals surface area contributed by atoms with E-state index >= 15 is 0 Å². The summed E-state index contributed by atoms with van der Waals surface area (Å²) in [6, 6.07) is 29.5. The van der Waals surface area contributed by atoms with Gasteiger partial charge in [0.1, 0.15) is 30.0 Å². The molecule has 168 valence electrons. The summed E-state index contributed by atoms with van der Waals surface area (Å²) in [6.07, 6.45) is -6.08. The highest BCUT2D eigenvalue weighted by atomic mass is 16.7. The summed E-state index contributed by atoms with van der Waals surface area (Å²) in [5, 5.41) is 30.9. The lowest BCUT2D eigenvalue weighted by molar-refractivity contribution is -0.299. The highest BCUT2D eigenvalue weighted by Gasteiger charge is 2.46. The molecule has 1 saturated heterocycles. The number of hydrogen-bond donors (Lipinski definition) is 3. The zero-order chi connectivity index (χ0) is 22.6. The van der Waals surface area contributed by atoms with Crippen molar-refractivity contribution < 1.29 is 29.5 Å². The van der Waals surface area contributed by atoms with Crippen molar-refractivity contribution in [2.24, 2.45) is 0 Å². The lowest BCUT2D eigenvalue weighted by Gasteiger charge is -2.42. The number of ether oxygens (including phenoxy) is 3. The van der Waals surface area contributed by atoms with Crippen molar-refractivity contribution in [3.63, 3.8) is 0 Å². The van der Waals surface area contributed by atoms with E-state index in [0.29, 0.717) is 0 Å². The summed E-state index contributed by atoms with van der Waals surface area (Å²) in [4.78, 5) is 0. The number of benzene rings is 3. The maximum atomic E-state index is 10.6. The van der Waals surface area contributed by atoms with E-state index in [1.807, 2.05) is 91.0 Å². The predicted octanol–water partition coefficient (Wildman–Crippen LogP) is 2.45. The van der Waals surface area contributed by atoms with Gasteiger partial charge in [0.25, 0.3) is 0 Å². The Hall–Kier alpha value is -2.58. The first-order valence-corrected chi connectivity index (χ1v) is 10.6. The Balaban J connectivity index is 1.77. The van der Waals surface area contributed by atoms with Crippen LogP contribution in [0.4, 0.5) is 0 Å². The summed E-state index contributed by atoms with van der Waals surface area (Å²) in [5.41, 5.74) is 1.74. The lowest BCUT2D eigenvalue weighted by atomic mass is 9.80. The molecule has 0 saturated carbocycles. The smallest absolute Gasteiger partial charge is 0.186 e. The van der Waals surface area contributed by atoms with Gasteiger partial charge in [-0.2, -0.15) is 0 Å². The molecule has 1 aliphatic heterocycles. The largest absolute Gasteiger partial charge is 0.387 e. The van der Waals surface area contributed by atoms with E-state index in [2.05, 4.69) is 0 Å². The van der Waals surface area contributed by atoms with Crippen LogP contribution in [-0.2, 0) is 19.8 Å². The quantitative estimate of drug-likeness (QED) is 0.493. The summed E-state index contributed by atoms with van der Waals surface area (Å²) in [5.74, 6) is 0. The third-order valence-electron chi connectivity index (χ3n) is 5.91. The van der Waals surface area contributed by atoms with Gasteiger partial charge < -0.3 is 29.5 Å². The number of rotatable bonds is 7. The molecule has 32 heavy (non-hydrogen) atoms. The van der Waals surface area contributed by atoms with E-state index in [9.17, 15) is 15.3 Å². The molecule has 6 heteroatoms. The van der Waals surface area contributed by atoms with Crippen LogP contribution in [0.15, 0.2) is 91.0 Å². The fourth-order valence-electron chi connectivity index (χ4n) is 4.22. The van der Waals surface area contributed by atoms with Crippen molar-refractivity contribution in [2.45, 2.75) is 36.3 Å². The van der Waals surface area contributed by atoms with E-state index in [4.69, 9.17) is 14.2 Å². The molecule has 4 rings (SSSR count). The molecule has 0 radical (unpaired) electrons. The van der Waals surface area contributed by atoms with Crippen LogP contribution >= 0.6 is 0 Å². The fourth-order valence-corrected chi connectivity index (χ4v) is 4.22. The predicted molar refractivity (Wildman–Crippen MR) is 119 cm³/mol. The Labute approximate surface area is 187 Å². The molecule has 0 aliphatic carbocycles. The number of hydrogen-bond acceptors (Lipinski definition) is 6. The van der Waals surface area contributed by atoms with E-state index in [1.165, 1.54) is 7.11 Å². The van der Waals surface area contributed by atoms with Gasteiger partial charge in [-0.05, 0) is 16.7 Å². The highest BCUT2D eigenvalue weighted by molar-refractivity contribution is 5.47. The van der Waals surface area contributed by atoms with Crippen LogP contribution < -0.4 is 0 Å². The average molecular weight is 437 g/mol. The zero-order valence-corrected chi connectivity index (χ0v) is 17.8. The second-order valence-corrected chi connectivity index (χ2v) is 7.84. The molecule has 3 N–H and O–H groups in total. The van der Waals surface area contributed by atoms with E-state index < -0.39 is 36.3 Å². The first kappa shape index (κ1) is 22.6.